The van der Waals surface area contributed by atoms with Gasteiger partial charge >= 0.3 is 5.97 Å². The van der Waals surface area contributed by atoms with Gasteiger partial charge in [0.25, 0.3) is 0 Å². The van der Waals surface area contributed by atoms with E-state index in [0.717, 1.165) is 66.2 Å². The van der Waals surface area contributed by atoms with Crippen LogP contribution in [0.1, 0.15) is 37.5 Å². The molecule has 0 N–H and O–H groups in total. The Kier molecular flexibility index (Phi) is 9.79. The second-order valence-corrected chi connectivity index (χ2v) is 13.4. The van der Waals surface area contributed by atoms with Crippen molar-refractivity contribution in [1.82, 2.24) is 19.7 Å². The third kappa shape index (κ3) is 6.64. The Morgan fingerprint density at radius 3 is 2.48 bits per heavy atom. The Labute approximate surface area is 274 Å². The van der Waals surface area contributed by atoms with Gasteiger partial charge in [-0.05, 0) is 75.6 Å². The minimum absolute atomic E-state index is 0.201. The maximum Gasteiger partial charge on any atom is 0.310 e. The molecule has 1 amide bonds. The first-order valence-electron chi connectivity index (χ1n) is 15.5. The molecular formula is C36H43N5O4S. The number of ether oxygens (including phenoxy) is 2. The van der Waals surface area contributed by atoms with E-state index in [1.54, 1.807) is 23.3 Å². The van der Waals surface area contributed by atoms with Crippen LogP contribution in [0, 0.1) is 13.8 Å². The average Bonchev–Trinajstić information content (AvgIpc) is 3.58. The van der Waals surface area contributed by atoms with Gasteiger partial charge in [-0.3, -0.25) is 14.3 Å². The minimum Gasteiger partial charge on any atom is -0.466 e. The first-order valence-corrected chi connectivity index (χ1v) is 16.3. The zero-order valence-electron chi connectivity index (χ0n) is 28.0. The van der Waals surface area contributed by atoms with Crippen LogP contribution in [-0.2, 0) is 32.5 Å². The molecule has 0 saturated carbocycles. The number of aromatic nitrogens is 3. The lowest BCUT2D eigenvalue weighted by molar-refractivity contribution is -0.142. The van der Waals surface area contributed by atoms with Crippen LogP contribution in [-0.4, -0.2) is 78.0 Å². The van der Waals surface area contributed by atoms with E-state index in [-0.39, 0.29) is 12.4 Å². The van der Waals surface area contributed by atoms with E-state index >= 15 is 0 Å². The number of carbonyl (C=O) groups is 2. The predicted octanol–water partition coefficient (Wildman–Crippen LogP) is 6.56. The van der Waals surface area contributed by atoms with Gasteiger partial charge in [0.1, 0.15) is 5.01 Å². The number of aryl methyl sites for hydroxylation is 3. The zero-order chi connectivity index (χ0) is 33.2. The van der Waals surface area contributed by atoms with Crippen LogP contribution < -0.4 is 4.90 Å². The summed E-state index contributed by atoms with van der Waals surface area (Å²) in [5.74, 6) is 0.596. The number of likely N-dealkylation sites (N-methyl/N-ethyl adjacent to an activating group) is 1. The van der Waals surface area contributed by atoms with Crippen molar-refractivity contribution in [2.24, 2.45) is 7.05 Å². The maximum atomic E-state index is 12.7. The van der Waals surface area contributed by atoms with E-state index < -0.39 is 5.54 Å². The number of methoxy groups -OCH3 is 1. The number of benzene rings is 3. The molecule has 2 heterocycles. The minimum atomic E-state index is -0.449. The van der Waals surface area contributed by atoms with Crippen LogP contribution in [0.4, 0.5) is 5.82 Å². The molecule has 0 radical (unpaired) electrons. The highest BCUT2D eigenvalue weighted by Gasteiger charge is 2.29. The number of anilines is 1. The van der Waals surface area contributed by atoms with Crippen molar-refractivity contribution < 1.29 is 19.1 Å². The summed E-state index contributed by atoms with van der Waals surface area (Å²) in [5.41, 5.74) is 7.68. The normalized spacial score (nSPS) is 11.7. The SMILES string of the molecule is CCOC(=O)Cc1c(C)cc2nc(-c3ccc4c(c3)c(N(C)CC(C)(C)N(C=O)CCOC)nn4C)sc2c1-c1ccc(C)cc1. The molecule has 0 aliphatic heterocycles. The molecule has 9 nitrogen and oxygen atoms in total. The third-order valence-corrected chi connectivity index (χ3v) is 9.62. The standard InChI is InChI=1S/C36H43N5O4S/c1-9-45-31(43)20-27-24(3)18-29-33(32(27)25-12-10-23(2)11-13-25)46-35(37-29)26-14-15-30-28(19-26)34(38-40(30)7)39(6)21-36(4,5)41(22-42)16-17-44-8/h10-15,18-19,22H,9,16-17,20-21H2,1-8H3. The summed E-state index contributed by atoms with van der Waals surface area (Å²) in [6.45, 7) is 11.9. The smallest absolute Gasteiger partial charge is 0.310 e. The van der Waals surface area contributed by atoms with E-state index in [0.29, 0.717) is 26.3 Å². The molecular weight excluding hydrogens is 598 g/mol. The van der Waals surface area contributed by atoms with Crippen LogP contribution in [0.25, 0.3) is 42.8 Å². The maximum absolute atomic E-state index is 12.7. The molecule has 242 valence electrons. The Bertz CT molecular complexity index is 1880. The summed E-state index contributed by atoms with van der Waals surface area (Å²) in [5, 5.41) is 6.77. The van der Waals surface area contributed by atoms with Crippen molar-refractivity contribution in [1.29, 1.82) is 0 Å². The van der Waals surface area contributed by atoms with Crippen LogP contribution in [0.2, 0.25) is 0 Å². The summed E-state index contributed by atoms with van der Waals surface area (Å²) in [6, 6.07) is 16.8. The van der Waals surface area contributed by atoms with E-state index in [1.165, 1.54) is 5.56 Å². The second kappa shape index (κ2) is 13.6. The van der Waals surface area contributed by atoms with E-state index in [4.69, 9.17) is 19.6 Å². The molecule has 0 bridgehead atoms. The number of amides is 1. The van der Waals surface area contributed by atoms with Gasteiger partial charge in [-0.15, -0.1) is 11.3 Å². The predicted molar refractivity (Wildman–Crippen MR) is 187 cm³/mol. The Morgan fingerprint density at radius 2 is 1.80 bits per heavy atom. The fourth-order valence-electron chi connectivity index (χ4n) is 6.06. The molecule has 5 rings (SSSR count). The molecule has 2 aromatic heterocycles. The lowest BCUT2D eigenvalue weighted by Crippen LogP contribution is -2.51. The van der Waals surface area contributed by atoms with Crippen molar-refractivity contribution in [2.45, 2.75) is 46.6 Å². The third-order valence-electron chi connectivity index (χ3n) is 8.48. The average molecular weight is 642 g/mol. The van der Waals surface area contributed by atoms with Gasteiger partial charge in [0.15, 0.2) is 5.82 Å². The van der Waals surface area contributed by atoms with Gasteiger partial charge in [0.2, 0.25) is 6.41 Å². The van der Waals surface area contributed by atoms with Crippen LogP contribution in [0.15, 0.2) is 48.5 Å². The number of hydrogen-bond donors (Lipinski definition) is 0. The molecule has 0 atom stereocenters. The first kappa shape index (κ1) is 33.1. The monoisotopic (exact) mass is 641 g/mol. The van der Waals surface area contributed by atoms with Crippen LogP contribution >= 0.6 is 11.3 Å². The van der Waals surface area contributed by atoms with Gasteiger partial charge in [-0.2, -0.15) is 5.10 Å². The summed E-state index contributed by atoms with van der Waals surface area (Å²) < 4.78 is 13.5. The number of nitrogens with zero attached hydrogens (tertiary/aromatic N) is 5. The fourth-order valence-corrected chi connectivity index (χ4v) is 7.20. The summed E-state index contributed by atoms with van der Waals surface area (Å²) in [7, 11) is 5.59. The fraction of sp³-hybridized carbons (Fsp3) is 0.389. The van der Waals surface area contributed by atoms with Crippen molar-refractivity contribution in [3.05, 3.63) is 65.2 Å². The second-order valence-electron chi connectivity index (χ2n) is 12.4. The summed E-state index contributed by atoms with van der Waals surface area (Å²) in [4.78, 5) is 33.6. The summed E-state index contributed by atoms with van der Waals surface area (Å²) >= 11 is 1.63. The largest absolute Gasteiger partial charge is 0.466 e. The Hall–Kier alpha value is -4.28. The molecule has 5 aromatic rings. The number of thiazole rings is 1. The van der Waals surface area contributed by atoms with Crippen molar-refractivity contribution in [2.75, 3.05) is 45.4 Å². The van der Waals surface area contributed by atoms with Crippen molar-refractivity contribution >= 4 is 50.7 Å². The lowest BCUT2D eigenvalue weighted by Gasteiger charge is -2.38. The zero-order valence-corrected chi connectivity index (χ0v) is 28.8. The molecule has 3 aromatic carbocycles. The highest BCUT2D eigenvalue weighted by atomic mass is 32.1. The highest BCUT2D eigenvalue weighted by Crippen LogP contribution is 2.42. The molecule has 0 saturated heterocycles. The van der Waals surface area contributed by atoms with Gasteiger partial charge in [-0.25, -0.2) is 4.98 Å². The lowest BCUT2D eigenvalue weighted by atomic mass is 9.93. The molecule has 0 unspecified atom stereocenters. The van der Waals surface area contributed by atoms with Gasteiger partial charge < -0.3 is 19.3 Å². The molecule has 0 aliphatic carbocycles. The van der Waals surface area contributed by atoms with Gasteiger partial charge in [0, 0.05) is 50.8 Å². The Balaban J connectivity index is 1.58. The number of esters is 1. The molecule has 46 heavy (non-hydrogen) atoms. The molecule has 0 fully saturated rings. The van der Waals surface area contributed by atoms with Crippen molar-refractivity contribution in [3.63, 3.8) is 0 Å². The van der Waals surface area contributed by atoms with E-state index in [9.17, 15) is 9.59 Å². The van der Waals surface area contributed by atoms with E-state index in [1.807, 2.05) is 32.6 Å². The van der Waals surface area contributed by atoms with Crippen LogP contribution in [0.5, 0.6) is 0 Å². The number of hydrogen-bond acceptors (Lipinski definition) is 8. The first-order chi connectivity index (χ1) is 22.0. The molecule has 0 aliphatic rings. The molecule has 0 spiro atoms. The van der Waals surface area contributed by atoms with Gasteiger partial charge in [-0.1, -0.05) is 29.8 Å². The van der Waals surface area contributed by atoms with Gasteiger partial charge in [0.05, 0.1) is 40.9 Å². The number of fused-ring (bicyclic) bond motifs is 2. The quantitative estimate of drug-likeness (QED) is 0.106. The number of rotatable bonds is 13. The van der Waals surface area contributed by atoms with Crippen LogP contribution in [0.3, 0.4) is 0 Å². The topological polar surface area (TPSA) is 89.8 Å². The van der Waals surface area contributed by atoms with Crippen molar-refractivity contribution in [3.8, 4) is 21.7 Å². The Morgan fingerprint density at radius 1 is 1.09 bits per heavy atom. The molecule has 10 heteroatoms. The summed E-state index contributed by atoms with van der Waals surface area (Å²) in [6.07, 6.45) is 1.09. The number of carbonyl (C=O) groups excluding carboxylic acids is 2. The van der Waals surface area contributed by atoms with E-state index in [2.05, 4.69) is 74.2 Å². The highest BCUT2D eigenvalue weighted by molar-refractivity contribution is 7.22.